The molecule has 30 heavy (non-hydrogen) atoms. The van der Waals surface area contributed by atoms with Gasteiger partial charge in [-0.25, -0.2) is 4.39 Å². The summed E-state index contributed by atoms with van der Waals surface area (Å²) in [6.45, 7) is 5.41. The number of hydrogen-bond donors (Lipinski definition) is 1. The van der Waals surface area contributed by atoms with E-state index in [9.17, 15) is 19.1 Å². The minimum atomic E-state index is -0.843. The summed E-state index contributed by atoms with van der Waals surface area (Å²) < 4.78 is 24.4. The Bertz CT molecular complexity index is 976. The Morgan fingerprint density at radius 2 is 1.80 bits per heavy atom. The Hall–Kier alpha value is -2.97. The van der Waals surface area contributed by atoms with Crippen LogP contribution in [0.1, 0.15) is 23.1 Å². The summed E-state index contributed by atoms with van der Waals surface area (Å²) in [5.41, 5.74) is 0.207. The van der Waals surface area contributed by atoms with Crippen LogP contribution in [-0.2, 0) is 14.3 Å². The topological polar surface area (TPSA) is 83.2 Å². The Morgan fingerprint density at radius 3 is 2.43 bits per heavy atom. The van der Waals surface area contributed by atoms with Gasteiger partial charge in [0.05, 0.1) is 18.8 Å². The fourth-order valence-electron chi connectivity index (χ4n) is 3.84. The third-order valence-electron chi connectivity index (χ3n) is 5.45. The number of Topliss-reactive ketones (excluding diaryl/α,β-unsaturated/α-hetero) is 1. The number of nitrogens with zero attached hydrogens (tertiary/aromatic N) is 2. The molecule has 1 atom stereocenters. The van der Waals surface area contributed by atoms with Crippen molar-refractivity contribution >= 4 is 17.4 Å². The summed E-state index contributed by atoms with van der Waals surface area (Å²) in [4.78, 5) is 29.3. The van der Waals surface area contributed by atoms with Crippen molar-refractivity contribution in [3.05, 3.63) is 64.9 Å². The molecule has 7 nitrogen and oxygen atoms in total. The van der Waals surface area contributed by atoms with E-state index in [0.717, 1.165) is 13.1 Å². The normalized spacial score (nSPS) is 22.1. The Kier molecular flexibility index (Phi) is 5.69. The number of likely N-dealkylation sites (tertiary alicyclic amines) is 1. The van der Waals surface area contributed by atoms with E-state index in [-0.39, 0.29) is 16.9 Å². The van der Waals surface area contributed by atoms with E-state index < -0.39 is 23.5 Å². The van der Waals surface area contributed by atoms with Crippen molar-refractivity contribution in [3.63, 3.8) is 0 Å². The van der Waals surface area contributed by atoms with E-state index in [1.807, 2.05) is 0 Å². The molecule has 1 N–H and O–H groups in total. The molecule has 3 heterocycles. The fraction of sp³-hybridized carbons (Fsp3) is 0.364. The number of aryl methyl sites for hydroxylation is 1. The van der Waals surface area contributed by atoms with Gasteiger partial charge in [0.25, 0.3) is 11.7 Å². The summed E-state index contributed by atoms with van der Waals surface area (Å²) in [5.74, 6) is -1.25. The Balaban J connectivity index is 1.70. The molecule has 2 aromatic rings. The van der Waals surface area contributed by atoms with Crippen molar-refractivity contribution in [2.24, 2.45) is 0 Å². The summed E-state index contributed by atoms with van der Waals surface area (Å²) in [5, 5.41) is 10.9. The van der Waals surface area contributed by atoms with E-state index in [4.69, 9.17) is 9.15 Å². The summed E-state index contributed by atoms with van der Waals surface area (Å²) >= 11 is 0. The van der Waals surface area contributed by atoms with Gasteiger partial charge >= 0.3 is 0 Å². The number of aliphatic hydroxyl groups excluding tert-OH is 1. The first-order valence-electron chi connectivity index (χ1n) is 9.86. The predicted octanol–water partition coefficient (Wildman–Crippen LogP) is 2.48. The molecule has 4 rings (SSSR count). The number of morpholine rings is 1. The van der Waals surface area contributed by atoms with Gasteiger partial charge in [-0.2, -0.15) is 0 Å². The van der Waals surface area contributed by atoms with Crippen molar-refractivity contribution < 1.29 is 28.2 Å². The molecule has 1 amide bonds. The van der Waals surface area contributed by atoms with E-state index >= 15 is 0 Å². The van der Waals surface area contributed by atoms with Crippen molar-refractivity contribution in [1.29, 1.82) is 0 Å². The average Bonchev–Trinajstić information content (AvgIpc) is 3.28. The standard InChI is InChI=1S/C22H23FN2O5/c1-14-2-7-17(30-14)19-18(20(26)15-3-5-16(23)6-4-15)21(27)22(28)25(19)9-8-24-10-12-29-13-11-24/h2-7,19,26H,8-13H2,1H3/b20-18+. The molecule has 0 saturated carbocycles. The number of aliphatic hydroxyl groups is 1. The number of carbonyl (C=O) groups is 2. The van der Waals surface area contributed by atoms with Gasteiger partial charge in [0.1, 0.15) is 29.1 Å². The zero-order chi connectivity index (χ0) is 21.3. The number of rotatable bonds is 5. The second-order valence-electron chi connectivity index (χ2n) is 7.40. The van der Waals surface area contributed by atoms with Crippen LogP contribution in [-0.4, -0.2) is 66.0 Å². The maximum atomic E-state index is 13.3. The van der Waals surface area contributed by atoms with Crippen LogP contribution in [0.25, 0.3) is 5.76 Å². The van der Waals surface area contributed by atoms with Crippen LogP contribution in [0.4, 0.5) is 4.39 Å². The van der Waals surface area contributed by atoms with Crippen LogP contribution in [0.2, 0.25) is 0 Å². The second kappa shape index (κ2) is 8.41. The number of furan rings is 1. The molecule has 1 aromatic carbocycles. The molecule has 2 aliphatic heterocycles. The number of ether oxygens (including phenoxy) is 1. The predicted molar refractivity (Wildman–Crippen MR) is 106 cm³/mol. The monoisotopic (exact) mass is 414 g/mol. The van der Waals surface area contributed by atoms with Crippen molar-refractivity contribution in [3.8, 4) is 0 Å². The maximum Gasteiger partial charge on any atom is 0.295 e. The third kappa shape index (κ3) is 3.88. The minimum Gasteiger partial charge on any atom is -0.507 e. The van der Waals surface area contributed by atoms with Gasteiger partial charge in [0, 0.05) is 31.7 Å². The van der Waals surface area contributed by atoms with Crippen LogP contribution in [0.15, 0.2) is 46.4 Å². The fourth-order valence-corrected chi connectivity index (χ4v) is 3.84. The highest BCUT2D eigenvalue weighted by Crippen LogP contribution is 2.39. The molecule has 2 saturated heterocycles. The average molecular weight is 414 g/mol. The van der Waals surface area contributed by atoms with Gasteiger partial charge in [0.15, 0.2) is 0 Å². The number of halogens is 1. The molecular weight excluding hydrogens is 391 g/mol. The smallest absolute Gasteiger partial charge is 0.295 e. The number of carbonyl (C=O) groups excluding carboxylic acids is 2. The molecule has 158 valence electrons. The number of amides is 1. The molecule has 2 fully saturated rings. The molecule has 0 radical (unpaired) electrons. The highest BCUT2D eigenvalue weighted by Gasteiger charge is 2.47. The largest absolute Gasteiger partial charge is 0.507 e. The van der Waals surface area contributed by atoms with Crippen LogP contribution >= 0.6 is 0 Å². The second-order valence-corrected chi connectivity index (χ2v) is 7.40. The third-order valence-corrected chi connectivity index (χ3v) is 5.45. The Labute approximate surface area is 173 Å². The van der Waals surface area contributed by atoms with Crippen LogP contribution in [0.3, 0.4) is 0 Å². The summed E-state index contributed by atoms with van der Waals surface area (Å²) in [6, 6.07) is 7.73. The number of ketones is 1. The SMILES string of the molecule is Cc1ccc(C2/C(=C(\O)c3ccc(F)cc3)C(=O)C(=O)N2CCN2CCOCC2)o1. The van der Waals surface area contributed by atoms with Crippen LogP contribution in [0, 0.1) is 12.7 Å². The van der Waals surface area contributed by atoms with Gasteiger partial charge in [-0.15, -0.1) is 0 Å². The summed E-state index contributed by atoms with van der Waals surface area (Å²) in [6.07, 6.45) is 0. The van der Waals surface area contributed by atoms with Gasteiger partial charge < -0.3 is 19.2 Å². The first kappa shape index (κ1) is 20.3. The highest BCUT2D eigenvalue weighted by atomic mass is 19.1. The molecule has 2 aliphatic rings. The van der Waals surface area contributed by atoms with Crippen molar-refractivity contribution in [1.82, 2.24) is 9.80 Å². The van der Waals surface area contributed by atoms with Gasteiger partial charge in [0.2, 0.25) is 0 Å². The number of hydrogen-bond acceptors (Lipinski definition) is 6. The van der Waals surface area contributed by atoms with E-state index in [1.165, 1.54) is 29.2 Å². The molecule has 0 bridgehead atoms. The lowest BCUT2D eigenvalue weighted by Crippen LogP contribution is -2.42. The maximum absolute atomic E-state index is 13.3. The van der Waals surface area contributed by atoms with Crippen molar-refractivity contribution in [2.45, 2.75) is 13.0 Å². The lowest BCUT2D eigenvalue weighted by atomic mass is 9.99. The van der Waals surface area contributed by atoms with Gasteiger partial charge in [-0.3, -0.25) is 14.5 Å². The molecule has 0 aliphatic carbocycles. The molecule has 1 unspecified atom stereocenters. The van der Waals surface area contributed by atoms with Crippen molar-refractivity contribution in [2.75, 3.05) is 39.4 Å². The Morgan fingerprint density at radius 1 is 1.10 bits per heavy atom. The molecular formula is C22H23FN2O5. The summed E-state index contributed by atoms with van der Waals surface area (Å²) in [7, 11) is 0. The zero-order valence-electron chi connectivity index (χ0n) is 16.6. The van der Waals surface area contributed by atoms with Gasteiger partial charge in [-0.1, -0.05) is 0 Å². The van der Waals surface area contributed by atoms with Crippen LogP contribution in [0.5, 0.6) is 0 Å². The van der Waals surface area contributed by atoms with Crippen LogP contribution < -0.4 is 0 Å². The lowest BCUT2D eigenvalue weighted by Gasteiger charge is -2.30. The number of benzene rings is 1. The highest BCUT2D eigenvalue weighted by molar-refractivity contribution is 6.46. The molecule has 8 heteroatoms. The zero-order valence-corrected chi connectivity index (χ0v) is 16.6. The first-order valence-corrected chi connectivity index (χ1v) is 9.86. The van der Waals surface area contributed by atoms with E-state index in [2.05, 4.69) is 4.90 Å². The minimum absolute atomic E-state index is 0.0528. The first-order chi connectivity index (χ1) is 14.5. The van der Waals surface area contributed by atoms with Gasteiger partial charge in [-0.05, 0) is 43.3 Å². The molecule has 0 spiro atoms. The lowest BCUT2D eigenvalue weighted by molar-refractivity contribution is -0.140. The van der Waals surface area contributed by atoms with E-state index in [0.29, 0.717) is 37.8 Å². The van der Waals surface area contributed by atoms with E-state index in [1.54, 1.807) is 19.1 Å². The quantitative estimate of drug-likeness (QED) is 0.460. The molecule has 1 aromatic heterocycles.